The monoisotopic (exact) mass is 399 g/mol. The molecule has 0 radical (unpaired) electrons. The lowest BCUT2D eigenvalue weighted by atomic mass is 10.0. The van der Waals surface area contributed by atoms with E-state index in [1.807, 2.05) is 19.1 Å². The number of hydrogen-bond acceptors (Lipinski definition) is 5. The van der Waals surface area contributed by atoms with Gasteiger partial charge < -0.3 is 15.0 Å². The van der Waals surface area contributed by atoms with Crippen LogP contribution in [-0.2, 0) is 16.1 Å². The Morgan fingerprint density at radius 1 is 1.45 bits per heavy atom. The van der Waals surface area contributed by atoms with Crippen LogP contribution in [0.15, 0.2) is 49.6 Å². The van der Waals surface area contributed by atoms with E-state index in [9.17, 15) is 9.59 Å². The summed E-state index contributed by atoms with van der Waals surface area (Å²) in [6, 6.07) is 6.13. The third kappa shape index (κ3) is 9.06. The van der Waals surface area contributed by atoms with Crippen molar-refractivity contribution in [3.63, 3.8) is 0 Å². The van der Waals surface area contributed by atoms with Gasteiger partial charge in [0.05, 0.1) is 7.11 Å². The summed E-state index contributed by atoms with van der Waals surface area (Å²) >= 11 is 0. The molecule has 0 aliphatic carbocycles. The molecule has 1 aromatic carbocycles. The summed E-state index contributed by atoms with van der Waals surface area (Å²) in [5.74, 6) is 0.393. The van der Waals surface area contributed by atoms with E-state index in [0.717, 1.165) is 18.0 Å². The van der Waals surface area contributed by atoms with Gasteiger partial charge in [0.2, 0.25) is 12.3 Å². The van der Waals surface area contributed by atoms with Gasteiger partial charge in [-0.3, -0.25) is 14.9 Å². The average Bonchev–Trinajstić information content (AvgIpc) is 3.00. The highest BCUT2D eigenvalue weighted by Crippen LogP contribution is 2.32. The molecule has 1 heterocycles. The van der Waals surface area contributed by atoms with E-state index in [4.69, 9.17) is 10.1 Å². The van der Waals surface area contributed by atoms with Crippen LogP contribution in [0.1, 0.15) is 37.8 Å². The van der Waals surface area contributed by atoms with Crippen molar-refractivity contribution in [3.05, 3.63) is 60.7 Å². The van der Waals surface area contributed by atoms with Gasteiger partial charge in [0.25, 0.3) is 0 Å². The predicted octanol–water partition coefficient (Wildman–Crippen LogP) is 4.18. The largest absolute Gasteiger partial charge is 0.497 e. The molecular formula is C23H33N3O3. The summed E-state index contributed by atoms with van der Waals surface area (Å²) in [6.07, 6.45) is 4.51. The molecular weight excluding hydrogens is 366 g/mol. The van der Waals surface area contributed by atoms with E-state index in [0.29, 0.717) is 24.8 Å². The molecule has 0 saturated heterocycles. The molecule has 158 valence electrons. The second kappa shape index (κ2) is 13.9. The first-order chi connectivity index (χ1) is 13.7. The van der Waals surface area contributed by atoms with Crippen LogP contribution >= 0.6 is 0 Å². The Morgan fingerprint density at radius 2 is 2.07 bits per heavy atom. The summed E-state index contributed by atoms with van der Waals surface area (Å²) in [7, 11) is 3.73. The Bertz CT molecular complexity index is 741. The van der Waals surface area contributed by atoms with Gasteiger partial charge in [0.1, 0.15) is 5.75 Å². The second-order valence-corrected chi connectivity index (χ2v) is 6.60. The minimum atomic E-state index is -0.284. The molecule has 2 rings (SSSR count). The molecule has 6 nitrogen and oxygen atoms in total. The third-order valence-electron chi connectivity index (χ3n) is 4.25. The molecule has 2 amide bonds. The van der Waals surface area contributed by atoms with Gasteiger partial charge in [-0.25, -0.2) is 0 Å². The lowest BCUT2D eigenvalue weighted by Gasteiger charge is -2.10. The van der Waals surface area contributed by atoms with Crippen LogP contribution in [0.5, 0.6) is 5.75 Å². The molecule has 0 fully saturated rings. The number of nitrogens with zero attached hydrogens (tertiary/aromatic N) is 1. The van der Waals surface area contributed by atoms with E-state index in [1.165, 1.54) is 17.3 Å². The van der Waals surface area contributed by atoms with Crippen molar-refractivity contribution in [2.45, 2.75) is 33.2 Å². The quantitative estimate of drug-likeness (QED) is 0.409. The number of allylic oxidation sites excluding steroid dienone is 2. The van der Waals surface area contributed by atoms with Gasteiger partial charge >= 0.3 is 0 Å². The molecule has 0 bridgehead atoms. The minimum absolute atomic E-state index is 0.220. The van der Waals surface area contributed by atoms with Crippen molar-refractivity contribution >= 4 is 24.2 Å². The number of hydrogen-bond donors (Lipinski definition) is 2. The molecule has 1 aliphatic rings. The van der Waals surface area contributed by atoms with Gasteiger partial charge in [-0.2, -0.15) is 0 Å². The van der Waals surface area contributed by atoms with E-state index in [1.54, 1.807) is 20.1 Å². The summed E-state index contributed by atoms with van der Waals surface area (Å²) < 4.78 is 5.16. The highest BCUT2D eigenvalue weighted by atomic mass is 16.5. The van der Waals surface area contributed by atoms with E-state index in [-0.39, 0.29) is 11.8 Å². The first-order valence-corrected chi connectivity index (χ1v) is 9.32. The van der Waals surface area contributed by atoms with Crippen LogP contribution in [0.2, 0.25) is 0 Å². The highest BCUT2D eigenvalue weighted by Gasteiger charge is 2.19. The molecule has 2 N–H and O–H groups in total. The second-order valence-electron chi connectivity index (χ2n) is 6.60. The molecule has 1 atom stereocenters. The highest BCUT2D eigenvalue weighted by molar-refractivity contribution is 5.87. The number of ether oxygens (including phenoxy) is 1. The van der Waals surface area contributed by atoms with Crippen molar-refractivity contribution in [1.82, 2.24) is 10.2 Å². The standard InChI is InChI=1S/C11H13NO.C9H14N2O2.C3H6/c1-8-11-6-10(13-3)5-4-9(11)7-12(8)2;1-7(5-10)3-4-8(2)9(13)11-6-12;1-3-2/h4-6H,1,7H2,2-3H3;5-6,8,10H,1,3-4H2,2H3,(H,11,12,13);3H,1H2,2H3. The molecule has 1 unspecified atom stereocenters. The Kier molecular flexibility index (Phi) is 12.4. The molecule has 1 aromatic rings. The van der Waals surface area contributed by atoms with Crippen LogP contribution in [0.4, 0.5) is 0 Å². The zero-order valence-electron chi connectivity index (χ0n) is 18.0. The molecule has 0 saturated carbocycles. The maximum absolute atomic E-state index is 11.0. The van der Waals surface area contributed by atoms with Crippen LogP contribution < -0.4 is 10.1 Å². The smallest absolute Gasteiger partial charge is 0.229 e. The third-order valence-corrected chi connectivity index (χ3v) is 4.25. The van der Waals surface area contributed by atoms with Crippen LogP contribution in [0, 0.1) is 11.3 Å². The fourth-order valence-corrected chi connectivity index (χ4v) is 2.45. The van der Waals surface area contributed by atoms with Gasteiger partial charge in [-0.05, 0) is 43.0 Å². The predicted molar refractivity (Wildman–Crippen MR) is 120 cm³/mol. The number of rotatable bonds is 7. The van der Waals surface area contributed by atoms with Gasteiger partial charge in [-0.15, -0.1) is 6.58 Å². The summed E-state index contributed by atoms with van der Waals surface area (Å²) in [5.41, 5.74) is 4.30. The maximum Gasteiger partial charge on any atom is 0.229 e. The number of carbonyl (C=O) groups excluding carboxylic acids is 2. The normalized spacial score (nSPS) is 12.1. The van der Waals surface area contributed by atoms with Crippen molar-refractivity contribution < 1.29 is 14.3 Å². The van der Waals surface area contributed by atoms with E-state index >= 15 is 0 Å². The van der Waals surface area contributed by atoms with Crippen LogP contribution in [-0.4, -0.2) is 37.6 Å². The molecule has 0 aromatic heterocycles. The lowest BCUT2D eigenvalue weighted by molar-refractivity contribution is -0.128. The van der Waals surface area contributed by atoms with Crippen molar-refractivity contribution in [3.8, 4) is 5.75 Å². The molecule has 1 aliphatic heterocycles. The fourth-order valence-electron chi connectivity index (χ4n) is 2.45. The number of imide groups is 1. The first-order valence-electron chi connectivity index (χ1n) is 9.32. The van der Waals surface area contributed by atoms with Gasteiger partial charge in [0, 0.05) is 37.0 Å². The van der Waals surface area contributed by atoms with Crippen molar-refractivity contribution in [2.75, 3.05) is 14.2 Å². The Hall–Kier alpha value is -3.15. The van der Waals surface area contributed by atoms with Crippen LogP contribution in [0.3, 0.4) is 0 Å². The number of amides is 2. The number of fused-ring (bicyclic) bond motifs is 1. The molecule has 29 heavy (non-hydrogen) atoms. The van der Waals surface area contributed by atoms with Crippen molar-refractivity contribution in [2.24, 2.45) is 5.92 Å². The Morgan fingerprint density at radius 3 is 2.59 bits per heavy atom. The maximum atomic E-state index is 11.0. The van der Waals surface area contributed by atoms with E-state index in [2.05, 4.69) is 43.1 Å². The number of nitrogens with one attached hydrogen (secondary N) is 2. The zero-order chi connectivity index (χ0) is 22.4. The summed E-state index contributed by atoms with van der Waals surface area (Å²) in [4.78, 5) is 23.1. The molecule has 0 spiro atoms. The first kappa shape index (κ1) is 25.9. The average molecular weight is 400 g/mol. The number of carbonyl (C=O) groups is 2. The van der Waals surface area contributed by atoms with E-state index < -0.39 is 0 Å². The SMILES string of the molecule is C=C(C=N)CCC(C)C(=O)NC=O.C=C1c2cc(OC)ccc2CN1C.C=CC. The Labute approximate surface area is 174 Å². The Balaban J connectivity index is 0.000000477. The molecule has 6 heteroatoms. The fraction of sp³-hybridized carbons (Fsp3) is 0.348. The van der Waals surface area contributed by atoms with Gasteiger partial charge in [0.15, 0.2) is 0 Å². The van der Waals surface area contributed by atoms with Crippen LogP contribution in [0.25, 0.3) is 5.70 Å². The van der Waals surface area contributed by atoms with Crippen molar-refractivity contribution in [1.29, 1.82) is 5.41 Å². The summed E-state index contributed by atoms with van der Waals surface area (Å²) in [6.45, 7) is 15.6. The van der Waals surface area contributed by atoms with Gasteiger partial charge in [-0.1, -0.05) is 32.2 Å². The number of methoxy groups -OCH3 is 1. The lowest BCUT2D eigenvalue weighted by Crippen LogP contribution is -2.27. The minimum Gasteiger partial charge on any atom is -0.497 e. The zero-order valence-corrected chi connectivity index (χ0v) is 18.0. The number of benzene rings is 1. The summed E-state index contributed by atoms with van der Waals surface area (Å²) in [5, 5.41) is 8.94. The topological polar surface area (TPSA) is 82.5 Å².